The first-order chi connectivity index (χ1) is 12.9. The van der Waals surface area contributed by atoms with Crippen LogP contribution in [0, 0.1) is 0 Å². The number of carbonyl (C=O) groups is 1. The van der Waals surface area contributed by atoms with Crippen molar-refractivity contribution in [3.8, 4) is 5.75 Å². The molecule has 0 aliphatic heterocycles. The predicted molar refractivity (Wildman–Crippen MR) is 107 cm³/mol. The SMILES string of the molecule is COc1cccc(NC(=O)c2sccc2N(C)S(=O)(=O)c2ccccc2)c1. The maximum Gasteiger partial charge on any atom is 0.267 e. The Balaban J connectivity index is 1.88. The number of ether oxygens (including phenoxy) is 1. The number of hydrogen-bond acceptors (Lipinski definition) is 5. The van der Waals surface area contributed by atoms with Gasteiger partial charge in [-0.15, -0.1) is 11.3 Å². The molecule has 0 aliphatic carbocycles. The molecule has 6 nitrogen and oxygen atoms in total. The number of amides is 1. The number of methoxy groups -OCH3 is 1. The highest BCUT2D eigenvalue weighted by atomic mass is 32.2. The van der Waals surface area contributed by atoms with Crippen LogP contribution in [0.3, 0.4) is 0 Å². The summed E-state index contributed by atoms with van der Waals surface area (Å²) in [6, 6.07) is 16.7. The van der Waals surface area contributed by atoms with Crippen molar-refractivity contribution in [1.82, 2.24) is 0 Å². The highest BCUT2D eigenvalue weighted by Gasteiger charge is 2.26. The number of nitrogens with zero attached hydrogens (tertiary/aromatic N) is 1. The lowest BCUT2D eigenvalue weighted by molar-refractivity contribution is 0.103. The molecule has 0 aliphatic rings. The maximum atomic E-state index is 12.8. The Labute approximate surface area is 162 Å². The van der Waals surface area contributed by atoms with Crippen LogP contribution in [0.25, 0.3) is 0 Å². The van der Waals surface area contributed by atoms with E-state index in [9.17, 15) is 13.2 Å². The third-order valence-electron chi connectivity index (χ3n) is 3.92. The van der Waals surface area contributed by atoms with Gasteiger partial charge in [0.15, 0.2) is 0 Å². The van der Waals surface area contributed by atoms with Crippen molar-refractivity contribution in [3.05, 3.63) is 70.9 Å². The van der Waals surface area contributed by atoms with Crippen LogP contribution in [0.1, 0.15) is 9.67 Å². The van der Waals surface area contributed by atoms with E-state index in [1.807, 2.05) is 0 Å². The summed E-state index contributed by atoms with van der Waals surface area (Å²) in [5.74, 6) is 0.228. The molecule has 140 valence electrons. The summed E-state index contributed by atoms with van der Waals surface area (Å²) in [5.41, 5.74) is 0.886. The van der Waals surface area contributed by atoms with Gasteiger partial charge >= 0.3 is 0 Å². The van der Waals surface area contributed by atoms with Gasteiger partial charge in [-0.25, -0.2) is 8.42 Å². The molecule has 0 fully saturated rings. The minimum absolute atomic E-state index is 0.165. The van der Waals surface area contributed by atoms with Crippen LogP contribution in [-0.4, -0.2) is 28.5 Å². The summed E-state index contributed by atoms with van der Waals surface area (Å²) < 4.78 is 31.9. The number of thiophene rings is 1. The second-order valence-corrected chi connectivity index (χ2v) is 8.49. The summed E-state index contributed by atoms with van der Waals surface area (Å²) in [6.45, 7) is 0. The molecular formula is C19H18N2O4S2. The molecule has 0 unspecified atom stereocenters. The summed E-state index contributed by atoms with van der Waals surface area (Å²) in [7, 11) is -0.781. The lowest BCUT2D eigenvalue weighted by atomic mass is 10.3. The highest BCUT2D eigenvalue weighted by Crippen LogP contribution is 2.30. The maximum absolute atomic E-state index is 12.8. The summed E-state index contributed by atoms with van der Waals surface area (Å²) in [5, 5.41) is 4.46. The van der Waals surface area contributed by atoms with Gasteiger partial charge in [0, 0.05) is 18.8 Å². The molecular weight excluding hydrogens is 384 g/mol. The molecule has 0 bridgehead atoms. The standard InChI is InChI=1S/C19H18N2O4S2/c1-21(27(23,24)16-9-4-3-5-10-16)17-11-12-26-18(17)19(22)20-14-7-6-8-15(13-14)25-2/h3-13H,1-2H3,(H,20,22). The number of nitrogens with one attached hydrogen (secondary N) is 1. The molecule has 2 aromatic carbocycles. The van der Waals surface area contributed by atoms with E-state index in [-0.39, 0.29) is 10.8 Å². The van der Waals surface area contributed by atoms with Crippen molar-refractivity contribution in [1.29, 1.82) is 0 Å². The van der Waals surface area contributed by atoms with Crippen LogP contribution in [0.4, 0.5) is 11.4 Å². The van der Waals surface area contributed by atoms with Crippen molar-refractivity contribution in [2.75, 3.05) is 23.8 Å². The van der Waals surface area contributed by atoms with E-state index in [0.717, 1.165) is 4.31 Å². The monoisotopic (exact) mass is 402 g/mol. The molecule has 0 saturated heterocycles. The number of sulfonamides is 1. The average Bonchev–Trinajstić information content (AvgIpc) is 3.18. The van der Waals surface area contributed by atoms with Gasteiger partial charge in [0.25, 0.3) is 15.9 Å². The van der Waals surface area contributed by atoms with Gasteiger partial charge < -0.3 is 10.1 Å². The fourth-order valence-electron chi connectivity index (χ4n) is 2.49. The van der Waals surface area contributed by atoms with E-state index in [4.69, 9.17) is 4.74 Å². The van der Waals surface area contributed by atoms with Crippen LogP contribution in [0.2, 0.25) is 0 Å². The fourth-order valence-corrected chi connectivity index (χ4v) is 4.59. The zero-order chi connectivity index (χ0) is 19.4. The van der Waals surface area contributed by atoms with Crippen LogP contribution in [-0.2, 0) is 10.0 Å². The zero-order valence-electron chi connectivity index (χ0n) is 14.7. The van der Waals surface area contributed by atoms with Gasteiger partial charge in [-0.1, -0.05) is 24.3 Å². The van der Waals surface area contributed by atoms with Crippen molar-refractivity contribution < 1.29 is 17.9 Å². The minimum Gasteiger partial charge on any atom is -0.497 e. The normalized spacial score (nSPS) is 11.0. The first-order valence-corrected chi connectivity index (χ1v) is 10.3. The smallest absolute Gasteiger partial charge is 0.267 e. The summed E-state index contributed by atoms with van der Waals surface area (Å²) in [4.78, 5) is 13.2. The molecule has 1 amide bonds. The van der Waals surface area contributed by atoms with Crippen LogP contribution in [0.5, 0.6) is 5.75 Å². The van der Waals surface area contributed by atoms with E-state index in [1.54, 1.807) is 61.0 Å². The molecule has 1 aromatic heterocycles. The Kier molecular flexibility index (Phi) is 5.48. The molecule has 0 spiro atoms. The number of rotatable bonds is 6. The molecule has 1 N–H and O–H groups in total. The second kappa shape index (κ2) is 7.81. The summed E-state index contributed by atoms with van der Waals surface area (Å²) >= 11 is 1.18. The fraction of sp³-hybridized carbons (Fsp3) is 0.105. The second-order valence-electron chi connectivity index (χ2n) is 5.61. The van der Waals surface area contributed by atoms with Crippen molar-refractivity contribution in [3.63, 3.8) is 0 Å². The number of carbonyl (C=O) groups excluding carboxylic acids is 1. The quantitative estimate of drug-likeness (QED) is 0.680. The Bertz CT molecular complexity index is 1050. The molecule has 1 heterocycles. The number of hydrogen-bond donors (Lipinski definition) is 1. The van der Waals surface area contributed by atoms with Crippen LogP contribution < -0.4 is 14.4 Å². The van der Waals surface area contributed by atoms with E-state index < -0.39 is 10.0 Å². The Hall–Kier alpha value is -2.84. The van der Waals surface area contributed by atoms with Gasteiger partial charge in [-0.2, -0.15) is 0 Å². The third-order valence-corrected chi connectivity index (χ3v) is 6.61. The zero-order valence-corrected chi connectivity index (χ0v) is 16.4. The molecule has 8 heteroatoms. The van der Waals surface area contributed by atoms with Crippen molar-refractivity contribution in [2.45, 2.75) is 4.90 Å². The molecule has 27 heavy (non-hydrogen) atoms. The van der Waals surface area contributed by atoms with E-state index in [2.05, 4.69) is 5.32 Å². The van der Waals surface area contributed by atoms with Gasteiger partial charge in [0.05, 0.1) is 17.7 Å². The molecule has 3 rings (SSSR count). The Morgan fingerprint density at radius 2 is 1.81 bits per heavy atom. The van der Waals surface area contributed by atoms with Crippen molar-refractivity contribution in [2.24, 2.45) is 0 Å². The lowest BCUT2D eigenvalue weighted by Gasteiger charge is -2.19. The van der Waals surface area contributed by atoms with Gasteiger partial charge in [-0.3, -0.25) is 9.10 Å². The van der Waals surface area contributed by atoms with Crippen LogP contribution in [0.15, 0.2) is 70.9 Å². The van der Waals surface area contributed by atoms with Gasteiger partial charge in [-0.05, 0) is 35.7 Å². The van der Waals surface area contributed by atoms with E-state index in [0.29, 0.717) is 22.0 Å². The van der Waals surface area contributed by atoms with Crippen LogP contribution >= 0.6 is 11.3 Å². The first kappa shape index (κ1) is 18.9. The predicted octanol–water partition coefficient (Wildman–Crippen LogP) is 3.83. The third kappa shape index (κ3) is 3.96. The van der Waals surface area contributed by atoms with Gasteiger partial charge in [0.2, 0.25) is 0 Å². The van der Waals surface area contributed by atoms with Gasteiger partial charge in [0.1, 0.15) is 10.6 Å². The molecule has 0 radical (unpaired) electrons. The van der Waals surface area contributed by atoms with E-state index in [1.165, 1.54) is 30.5 Å². The van der Waals surface area contributed by atoms with Crippen molar-refractivity contribution >= 4 is 38.6 Å². The highest BCUT2D eigenvalue weighted by molar-refractivity contribution is 7.92. The van der Waals surface area contributed by atoms with E-state index >= 15 is 0 Å². The summed E-state index contributed by atoms with van der Waals surface area (Å²) in [6.07, 6.45) is 0. The first-order valence-electron chi connectivity index (χ1n) is 8.00. The Morgan fingerprint density at radius 3 is 2.52 bits per heavy atom. The number of anilines is 2. The molecule has 0 atom stereocenters. The minimum atomic E-state index is -3.76. The average molecular weight is 402 g/mol. The molecule has 0 saturated carbocycles. The largest absolute Gasteiger partial charge is 0.497 e. The molecule has 3 aromatic rings. The Morgan fingerprint density at radius 1 is 1.07 bits per heavy atom. The topological polar surface area (TPSA) is 75.7 Å². The number of benzene rings is 2. The lowest BCUT2D eigenvalue weighted by Crippen LogP contribution is -2.28.